The smallest absolute Gasteiger partial charge is 0.407 e. The van der Waals surface area contributed by atoms with Crippen molar-refractivity contribution >= 4 is 32.9 Å². The van der Waals surface area contributed by atoms with E-state index in [-0.39, 0.29) is 22.5 Å². The van der Waals surface area contributed by atoms with Gasteiger partial charge in [-0.1, -0.05) is 17.3 Å². The zero-order valence-electron chi connectivity index (χ0n) is 22.2. The molecule has 1 aromatic heterocycles. The molecule has 3 aromatic rings. The number of carbonyl (C=O) groups excluding carboxylic acids is 1. The number of sulfonamides is 1. The van der Waals surface area contributed by atoms with Gasteiger partial charge in [0.15, 0.2) is 11.4 Å². The van der Waals surface area contributed by atoms with E-state index in [1.807, 2.05) is 32.9 Å². The lowest BCUT2D eigenvalue weighted by Crippen LogP contribution is -2.45. The van der Waals surface area contributed by atoms with E-state index in [2.05, 4.69) is 20.1 Å². The summed E-state index contributed by atoms with van der Waals surface area (Å²) in [7, 11) is -1.08. The van der Waals surface area contributed by atoms with E-state index in [0.29, 0.717) is 23.3 Å². The van der Waals surface area contributed by atoms with Gasteiger partial charge in [-0.25, -0.2) is 13.2 Å². The van der Waals surface area contributed by atoms with Crippen LogP contribution in [-0.2, 0) is 21.3 Å². The molecule has 1 aliphatic heterocycles. The second-order valence-corrected chi connectivity index (χ2v) is 11.8. The Kier molecular flexibility index (Phi) is 8.02. The molecule has 2 heterocycles. The molecule has 1 fully saturated rings. The fourth-order valence-corrected chi connectivity index (χ4v) is 5.58. The molecule has 1 amide bonds. The van der Waals surface area contributed by atoms with Crippen LogP contribution in [0.1, 0.15) is 39.2 Å². The lowest BCUT2D eigenvalue weighted by molar-refractivity contribution is 0.0477. The Morgan fingerprint density at radius 2 is 1.79 bits per heavy atom. The van der Waals surface area contributed by atoms with Crippen LogP contribution in [-0.4, -0.2) is 63.5 Å². The van der Waals surface area contributed by atoms with Crippen molar-refractivity contribution in [3.8, 4) is 11.5 Å². The number of hydrogen-bond acceptors (Lipinski definition) is 9. The van der Waals surface area contributed by atoms with Crippen LogP contribution in [0.15, 0.2) is 45.8 Å². The highest BCUT2D eigenvalue weighted by molar-refractivity contribution is 7.92. The zero-order chi connectivity index (χ0) is 27.5. The number of ether oxygens (including phenoxy) is 3. The van der Waals surface area contributed by atoms with Crippen molar-refractivity contribution in [2.45, 2.75) is 56.7 Å². The number of fused-ring (bicyclic) bond motifs is 1. The minimum atomic E-state index is -4.00. The number of likely N-dealkylation sites (tertiary alicyclic amines) is 1. The number of methoxy groups -OCH3 is 2. The van der Waals surface area contributed by atoms with Crippen molar-refractivity contribution in [1.29, 1.82) is 0 Å². The zero-order valence-corrected chi connectivity index (χ0v) is 23.1. The van der Waals surface area contributed by atoms with Crippen molar-refractivity contribution in [2.75, 3.05) is 32.0 Å². The number of amides is 1. The van der Waals surface area contributed by atoms with Gasteiger partial charge in [0.25, 0.3) is 10.0 Å². The number of anilines is 1. The summed E-state index contributed by atoms with van der Waals surface area (Å²) >= 11 is 0. The molecule has 11 nitrogen and oxygen atoms in total. The average molecular weight is 547 g/mol. The Bertz CT molecular complexity index is 1390. The molecule has 0 aliphatic carbocycles. The number of carbonyl (C=O) groups is 1. The summed E-state index contributed by atoms with van der Waals surface area (Å²) in [5, 5.41) is 7.34. The van der Waals surface area contributed by atoms with E-state index < -0.39 is 21.7 Å². The lowest BCUT2D eigenvalue weighted by Gasteiger charge is -2.32. The number of nitrogens with one attached hydrogen (secondary N) is 2. The lowest BCUT2D eigenvalue weighted by atomic mass is 10.0. The summed E-state index contributed by atoms with van der Waals surface area (Å²) in [6.07, 6.45) is 1.21. The second-order valence-electron chi connectivity index (χ2n) is 10.2. The number of piperidine rings is 1. The van der Waals surface area contributed by atoms with Gasteiger partial charge in [0.2, 0.25) is 0 Å². The number of para-hydroxylation sites is 1. The second kappa shape index (κ2) is 11.1. The molecule has 0 radical (unpaired) electrons. The van der Waals surface area contributed by atoms with Gasteiger partial charge < -0.3 is 24.1 Å². The minimum absolute atomic E-state index is 0.0150. The van der Waals surface area contributed by atoms with E-state index in [9.17, 15) is 13.2 Å². The molecule has 0 unspecified atom stereocenters. The van der Waals surface area contributed by atoms with Gasteiger partial charge in [-0.05, 0) is 63.4 Å². The molecule has 0 saturated carbocycles. The SMILES string of the molecule is COc1ccccc1S(=O)(=O)Nc1noc2cc(CN3CCC(NC(=O)OC(C)(C)C)CC3)cc(OC)c12. The van der Waals surface area contributed by atoms with Gasteiger partial charge in [0.05, 0.1) is 14.2 Å². The maximum Gasteiger partial charge on any atom is 0.407 e. The normalized spacial score (nSPS) is 15.3. The van der Waals surface area contributed by atoms with Gasteiger partial charge in [-0.15, -0.1) is 0 Å². The molecule has 38 heavy (non-hydrogen) atoms. The number of alkyl carbamates (subject to hydrolysis) is 1. The molecular weight excluding hydrogens is 512 g/mol. The van der Waals surface area contributed by atoms with Gasteiger partial charge in [-0.3, -0.25) is 9.62 Å². The minimum Gasteiger partial charge on any atom is -0.496 e. The predicted molar refractivity (Wildman–Crippen MR) is 142 cm³/mol. The van der Waals surface area contributed by atoms with Crippen LogP contribution < -0.4 is 19.5 Å². The van der Waals surface area contributed by atoms with Crippen molar-refractivity contribution in [2.24, 2.45) is 0 Å². The molecule has 1 saturated heterocycles. The van der Waals surface area contributed by atoms with Gasteiger partial charge in [0, 0.05) is 25.7 Å². The molecule has 0 bridgehead atoms. The van der Waals surface area contributed by atoms with E-state index >= 15 is 0 Å². The van der Waals surface area contributed by atoms with Crippen LogP contribution in [0.3, 0.4) is 0 Å². The monoisotopic (exact) mass is 546 g/mol. The first-order valence-corrected chi connectivity index (χ1v) is 13.8. The van der Waals surface area contributed by atoms with Crippen molar-refractivity contribution in [3.05, 3.63) is 42.0 Å². The standard InChI is InChI=1S/C26H34N4O7S/c1-26(2,3)36-25(31)27-18-10-12-30(13-11-18)16-17-14-20(35-5)23-21(15-17)37-28-24(23)29-38(32,33)22-9-7-6-8-19(22)34-4/h6-9,14-15,18H,10-13,16H2,1-5H3,(H,27,31)(H,28,29). The topological polar surface area (TPSA) is 132 Å². The first-order valence-electron chi connectivity index (χ1n) is 12.3. The summed E-state index contributed by atoms with van der Waals surface area (Å²) in [5.41, 5.74) is 0.804. The molecule has 206 valence electrons. The third-order valence-electron chi connectivity index (χ3n) is 6.12. The molecule has 0 atom stereocenters. The largest absolute Gasteiger partial charge is 0.496 e. The van der Waals surface area contributed by atoms with Crippen LogP contribution in [0.4, 0.5) is 10.6 Å². The van der Waals surface area contributed by atoms with Gasteiger partial charge >= 0.3 is 6.09 Å². The first kappa shape index (κ1) is 27.5. The molecule has 4 rings (SSSR count). The fourth-order valence-electron chi connectivity index (χ4n) is 4.40. The highest BCUT2D eigenvalue weighted by Crippen LogP contribution is 2.36. The van der Waals surface area contributed by atoms with Crippen LogP contribution in [0.25, 0.3) is 11.0 Å². The quantitative estimate of drug-likeness (QED) is 0.428. The van der Waals surface area contributed by atoms with Gasteiger partial charge in [0.1, 0.15) is 27.4 Å². The third-order valence-corrected chi connectivity index (χ3v) is 7.50. The fraction of sp³-hybridized carbons (Fsp3) is 0.462. The molecular formula is C26H34N4O7S. The van der Waals surface area contributed by atoms with Gasteiger partial charge in [-0.2, -0.15) is 0 Å². The predicted octanol–water partition coefficient (Wildman–Crippen LogP) is 4.13. The van der Waals surface area contributed by atoms with Crippen LogP contribution >= 0.6 is 0 Å². The third kappa shape index (κ3) is 6.48. The Balaban J connectivity index is 1.45. The maximum absolute atomic E-state index is 13.1. The number of hydrogen-bond donors (Lipinski definition) is 2. The van der Waals surface area contributed by atoms with E-state index in [1.54, 1.807) is 18.2 Å². The van der Waals surface area contributed by atoms with Crippen LogP contribution in [0, 0.1) is 0 Å². The Hall–Kier alpha value is -3.51. The summed E-state index contributed by atoms with van der Waals surface area (Å²) in [4.78, 5) is 14.3. The highest BCUT2D eigenvalue weighted by Gasteiger charge is 2.26. The molecule has 2 N–H and O–H groups in total. The van der Waals surface area contributed by atoms with Crippen LogP contribution in [0.5, 0.6) is 11.5 Å². The van der Waals surface area contributed by atoms with Crippen molar-refractivity contribution in [3.63, 3.8) is 0 Å². The Labute approximate surface area is 222 Å². The van der Waals surface area contributed by atoms with Crippen molar-refractivity contribution < 1.29 is 31.9 Å². The van der Waals surface area contributed by atoms with E-state index in [4.69, 9.17) is 18.7 Å². The first-order chi connectivity index (χ1) is 18.0. The van der Waals surface area contributed by atoms with Crippen LogP contribution in [0.2, 0.25) is 0 Å². The Morgan fingerprint density at radius 1 is 1.11 bits per heavy atom. The number of rotatable bonds is 8. The summed E-state index contributed by atoms with van der Waals surface area (Å²) in [5.74, 6) is 0.688. The number of benzene rings is 2. The molecule has 0 spiro atoms. The summed E-state index contributed by atoms with van der Waals surface area (Å²) < 4.78 is 50.2. The van der Waals surface area contributed by atoms with E-state index in [1.165, 1.54) is 20.3 Å². The number of nitrogens with zero attached hydrogens (tertiary/aromatic N) is 2. The molecule has 1 aliphatic rings. The summed E-state index contributed by atoms with van der Waals surface area (Å²) in [6, 6.07) is 10.1. The molecule has 12 heteroatoms. The molecule has 2 aromatic carbocycles. The Morgan fingerprint density at radius 3 is 2.45 bits per heavy atom. The highest BCUT2D eigenvalue weighted by atomic mass is 32.2. The maximum atomic E-state index is 13.1. The van der Waals surface area contributed by atoms with E-state index in [0.717, 1.165) is 31.5 Å². The number of aromatic nitrogens is 1. The summed E-state index contributed by atoms with van der Waals surface area (Å²) in [6.45, 7) is 7.74. The van der Waals surface area contributed by atoms with Crippen molar-refractivity contribution in [1.82, 2.24) is 15.4 Å². The average Bonchev–Trinajstić information content (AvgIpc) is 3.25.